The van der Waals surface area contributed by atoms with E-state index in [0.717, 1.165) is 6.20 Å². The van der Waals surface area contributed by atoms with Crippen molar-refractivity contribution >= 4 is 15.7 Å². The molecule has 0 aliphatic heterocycles. The van der Waals surface area contributed by atoms with E-state index in [9.17, 15) is 34.8 Å². The minimum atomic E-state index is -4.60. The van der Waals surface area contributed by atoms with Gasteiger partial charge in [0.05, 0.1) is 9.80 Å². The molecule has 0 unspecified atom stereocenters. The van der Waals surface area contributed by atoms with Gasteiger partial charge in [-0.1, -0.05) is 0 Å². The van der Waals surface area contributed by atoms with E-state index in [1.165, 1.54) is 0 Å². The Morgan fingerprint density at radius 2 is 1.97 bits per heavy atom. The summed E-state index contributed by atoms with van der Waals surface area (Å²) in [5.74, 6) is -4.01. The lowest BCUT2D eigenvalue weighted by atomic mass is 9.84. The first-order valence-corrected chi connectivity index (χ1v) is 9.76. The SMILES string of the molecule is [2H]C([2H])([2H])O[C@@]1(C(F)F)CCc2c(S(=O)(=O)Nc3cc(F)c(OC(F)F)cc3F)c[nH]c2C1. The van der Waals surface area contributed by atoms with E-state index in [2.05, 4.69) is 14.5 Å². The van der Waals surface area contributed by atoms with Crippen LogP contribution in [0, 0.1) is 11.6 Å². The van der Waals surface area contributed by atoms with Crippen LogP contribution in [0.25, 0.3) is 0 Å². The van der Waals surface area contributed by atoms with Crippen LogP contribution in [-0.4, -0.2) is 39.1 Å². The minimum absolute atomic E-state index is 0.0292. The zero-order valence-corrected chi connectivity index (χ0v) is 15.6. The third kappa shape index (κ3) is 4.08. The van der Waals surface area contributed by atoms with Crippen molar-refractivity contribution in [2.45, 2.75) is 42.8 Å². The number of H-pyrrole nitrogens is 1. The van der Waals surface area contributed by atoms with E-state index in [1.54, 1.807) is 4.72 Å². The van der Waals surface area contributed by atoms with Gasteiger partial charge in [0.25, 0.3) is 16.4 Å². The molecule has 0 saturated carbocycles. The summed E-state index contributed by atoms with van der Waals surface area (Å²) in [4.78, 5) is 2.01. The number of fused-ring (bicyclic) bond motifs is 1. The van der Waals surface area contributed by atoms with Gasteiger partial charge < -0.3 is 14.5 Å². The van der Waals surface area contributed by atoms with Gasteiger partial charge in [-0.05, 0) is 18.4 Å². The molecule has 6 nitrogen and oxygen atoms in total. The summed E-state index contributed by atoms with van der Waals surface area (Å²) in [7, 11) is -7.72. The Morgan fingerprint density at radius 3 is 2.60 bits per heavy atom. The van der Waals surface area contributed by atoms with Crippen molar-refractivity contribution in [1.82, 2.24) is 4.98 Å². The molecule has 2 aromatic rings. The predicted molar refractivity (Wildman–Crippen MR) is 92.4 cm³/mol. The van der Waals surface area contributed by atoms with Crippen LogP contribution in [0.2, 0.25) is 0 Å². The fourth-order valence-electron chi connectivity index (χ4n) is 3.18. The molecule has 1 aromatic heterocycles. The van der Waals surface area contributed by atoms with E-state index in [0.29, 0.717) is 6.07 Å². The summed E-state index contributed by atoms with van der Waals surface area (Å²) < 4.78 is 137. The van der Waals surface area contributed by atoms with Crippen molar-refractivity contribution in [1.29, 1.82) is 0 Å². The van der Waals surface area contributed by atoms with Crippen LogP contribution in [0.4, 0.5) is 32.0 Å². The molecule has 1 atom stereocenters. The van der Waals surface area contributed by atoms with Gasteiger partial charge in [0.15, 0.2) is 17.4 Å². The molecule has 0 spiro atoms. The third-order valence-corrected chi connectivity index (χ3v) is 6.12. The van der Waals surface area contributed by atoms with Crippen LogP contribution in [0.1, 0.15) is 21.8 Å². The highest BCUT2D eigenvalue weighted by atomic mass is 32.2. The molecule has 0 saturated heterocycles. The van der Waals surface area contributed by atoms with Gasteiger partial charge in [-0.25, -0.2) is 26.0 Å². The third-order valence-electron chi connectivity index (χ3n) is 4.69. The highest BCUT2D eigenvalue weighted by Gasteiger charge is 2.45. The standard InChI is InChI=1S/C17H16F6N2O4S/c1-28-17(15(20)21)3-2-8-12(6-17)24-7-14(8)30(26,27)25-11-4-10(19)13(5-9(11)18)29-16(22)23/h4-5,7,15-16,24-25H,2-3,6H2,1H3/t17-/m0/s1/i1D3. The normalized spacial score (nSPS) is 21.1. The number of halogens is 6. The summed E-state index contributed by atoms with van der Waals surface area (Å²) in [6, 6.07) is 0.533. The van der Waals surface area contributed by atoms with E-state index < -0.39 is 76.5 Å². The number of nitrogens with one attached hydrogen (secondary N) is 2. The summed E-state index contributed by atoms with van der Waals surface area (Å²) in [6.45, 7) is -3.44. The van der Waals surface area contributed by atoms with Crippen LogP contribution in [-0.2, 0) is 27.6 Å². The Bertz CT molecular complexity index is 1140. The second kappa shape index (κ2) is 8.02. The highest BCUT2D eigenvalue weighted by molar-refractivity contribution is 7.92. The lowest BCUT2D eigenvalue weighted by Crippen LogP contribution is -2.44. The Morgan fingerprint density at radius 1 is 1.23 bits per heavy atom. The second-order valence-corrected chi connectivity index (χ2v) is 8.15. The Kier molecular flexibility index (Phi) is 4.91. The molecular formula is C17H16F6N2O4S. The molecule has 0 amide bonds. The maximum atomic E-state index is 14.2. The van der Waals surface area contributed by atoms with E-state index in [-0.39, 0.29) is 23.7 Å². The first kappa shape index (κ1) is 18.4. The quantitative estimate of drug-likeness (QED) is 0.615. The summed E-state index contributed by atoms with van der Waals surface area (Å²) >= 11 is 0. The molecule has 0 bridgehead atoms. The van der Waals surface area contributed by atoms with E-state index in [4.69, 9.17) is 4.11 Å². The number of hydrogen-bond donors (Lipinski definition) is 2. The van der Waals surface area contributed by atoms with Crippen LogP contribution < -0.4 is 9.46 Å². The largest absolute Gasteiger partial charge is 0.432 e. The maximum absolute atomic E-state index is 14.2. The summed E-state index contributed by atoms with van der Waals surface area (Å²) in [5.41, 5.74) is -3.29. The molecule has 30 heavy (non-hydrogen) atoms. The Balaban J connectivity index is 1.90. The number of benzene rings is 1. The lowest BCUT2D eigenvalue weighted by molar-refractivity contribution is -0.128. The zero-order chi connectivity index (χ0) is 24.8. The number of aromatic amines is 1. The molecule has 2 N–H and O–H groups in total. The van der Waals surface area contributed by atoms with Gasteiger partial charge in [0.1, 0.15) is 10.5 Å². The number of anilines is 1. The highest BCUT2D eigenvalue weighted by Crippen LogP contribution is 2.38. The molecule has 1 heterocycles. The molecule has 3 rings (SSSR count). The summed E-state index contributed by atoms with van der Waals surface area (Å²) in [5, 5.41) is 0. The first-order chi connectivity index (χ1) is 15.1. The molecule has 0 fully saturated rings. The molecule has 166 valence electrons. The zero-order valence-electron chi connectivity index (χ0n) is 17.8. The van der Waals surface area contributed by atoms with Gasteiger partial charge in [0.2, 0.25) is 0 Å². The number of methoxy groups -OCH3 is 1. The maximum Gasteiger partial charge on any atom is 0.387 e. The van der Waals surface area contributed by atoms with Gasteiger partial charge in [-0.3, -0.25) is 4.72 Å². The van der Waals surface area contributed by atoms with Gasteiger partial charge in [-0.15, -0.1) is 0 Å². The Hall–Kier alpha value is -2.41. The van der Waals surface area contributed by atoms with Crippen LogP contribution >= 0.6 is 0 Å². The Labute approximate surface area is 171 Å². The topological polar surface area (TPSA) is 80.4 Å². The van der Waals surface area contributed by atoms with Crippen LogP contribution in [0.5, 0.6) is 5.75 Å². The number of alkyl halides is 4. The number of hydrogen-bond acceptors (Lipinski definition) is 4. The molecule has 13 heteroatoms. The van der Waals surface area contributed by atoms with E-state index in [1.807, 2.05) is 0 Å². The molecule has 1 aliphatic rings. The fraction of sp³-hybridized carbons (Fsp3) is 0.412. The van der Waals surface area contributed by atoms with E-state index >= 15 is 0 Å². The van der Waals surface area contributed by atoms with Gasteiger partial charge in [0, 0.05) is 37.5 Å². The number of sulfonamides is 1. The second-order valence-electron chi connectivity index (χ2n) is 6.50. The molecule has 1 aromatic carbocycles. The average molecular weight is 461 g/mol. The first-order valence-electron chi connectivity index (χ1n) is 9.78. The number of rotatable bonds is 7. The molecule has 0 radical (unpaired) electrons. The van der Waals surface area contributed by atoms with Crippen molar-refractivity contribution in [3.63, 3.8) is 0 Å². The molecule has 1 aliphatic carbocycles. The predicted octanol–water partition coefficient (Wildman–Crippen LogP) is 3.83. The average Bonchev–Trinajstić information content (AvgIpc) is 3.07. The van der Waals surface area contributed by atoms with Gasteiger partial charge >= 0.3 is 6.61 Å². The summed E-state index contributed by atoms with van der Waals surface area (Å²) in [6.07, 6.45) is -3.77. The number of aromatic nitrogens is 1. The van der Waals surface area contributed by atoms with Crippen molar-refractivity contribution in [3.8, 4) is 5.75 Å². The smallest absolute Gasteiger partial charge is 0.387 e. The van der Waals surface area contributed by atoms with Crippen LogP contribution in [0.15, 0.2) is 23.2 Å². The molecular weight excluding hydrogens is 442 g/mol. The van der Waals surface area contributed by atoms with Gasteiger partial charge in [-0.2, -0.15) is 8.78 Å². The van der Waals surface area contributed by atoms with Crippen molar-refractivity contribution in [2.75, 3.05) is 11.8 Å². The van der Waals surface area contributed by atoms with Crippen molar-refractivity contribution < 1.29 is 48.3 Å². The monoisotopic (exact) mass is 461 g/mol. The lowest BCUT2D eigenvalue weighted by Gasteiger charge is -2.35. The van der Waals surface area contributed by atoms with Crippen LogP contribution in [0.3, 0.4) is 0 Å². The minimum Gasteiger partial charge on any atom is -0.432 e. The number of ether oxygens (including phenoxy) is 2. The van der Waals surface area contributed by atoms with Crippen molar-refractivity contribution in [3.05, 3.63) is 41.2 Å². The van der Waals surface area contributed by atoms with Crippen molar-refractivity contribution in [2.24, 2.45) is 0 Å². The fourth-order valence-corrected chi connectivity index (χ4v) is 4.50.